The van der Waals surface area contributed by atoms with E-state index in [1.54, 1.807) is 7.05 Å². The molecule has 22 heavy (non-hydrogen) atoms. The fourth-order valence-electron chi connectivity index (χ4n) is 1.95. The van der Waals surface area contributed by atoms with Crippen LogP contribution in [0.2, 0.25) is 0 Å². The number of carbonyl (C=O) groups is 2. The Hall–Kier alpha value is -1.95. The van der Waals surface area contributed by atoms with Crippen molar-refractivity contribution in [3.05, 3.63) is 29.6 Å². The molecule has 1 rings (SSSR count). The number of nitrogens with zero attached hydrogens (tertiary/aromatic N) is 1. The molecule has 6 heteroatoms. The molecule has 0 radical (unpaired) electrons. The number of carbonyl (C=O) groups excluding carboxylic acids is 2. The third-order valence-electron chi connectivity index (χ3n) is 3.52. The first-order valence-corrected chi connectivity index (χ1v) is 7.30. The first kappa shape index (κ1) is 18.1. The van der Waals surface area contributed by atoms with Crippen molar-refractivity contribution in [2.45, 2.75) is 33.2 Å². The van der Waals surface area contributed by atoms with Gasteiger partial charge in [0.2, 0.25) is 5.91 Å². The number of hydrogen-bond donors (Lipinski definition) is 2. The minimum atomic E-state index is -0.612. The van der Waals surface area contributed by atoms with Crippen LogP contribution >= 0.6 is 0 Å². The summed E-state index contributed by atoms with van der Waals surface area (Å²) in [6, 6.07) is 3.93. The number of nitrogens with one attached hydrogen (secondary N) is 1. The molecule has 0 aliphatic heterocycles. The molecule has 0 saturated carbocycles. The van der Waals surface area contributed by atoms with E-state index in [2.05, 4.69) is 5.32 Å². The fraction of sp³-hybridized carbons (Fsp3) is 0.500. The van der Waals surface area contributed by atoms with Crippen LogP contribution in [-0.2, 0) is 4.79 Å². The van der Waals surface area contributed by atoms with Crippen molar-refractivity contribution in [1.29, 1.82) is 0 Å². The van der Waals surface area contributed by atoms with Gasteiger partial charge in [-0.2, -0.15) is 0 Å². The Labute approximate surface area is 130 Å². The maximum atomic E-state index is 13.9. The van der Waals surface area contributed by atoms with Crippen molar-refractivity contribution in [3.8, 4) is 0 Å². The molecule has 0 aromatic heterocycles. The van der Waals surface area contributed by atoms with Gasteiger partial charge in [0.15, 0.2) is 0 Å². The van der Waals surface area contributed by atoms with E-state index in [0.717, 1.165) is 0 Å². The standard InChI is InChI=1S/C16H24FN3O2/c1-10(2)15(18)7-8-20(4)16(22)13-9-12(19-11(3)21)5-6-14(13)17/h5-6,9-10,15H,7-8,18H2,1-4H3,(H,19,21). The lowest BCUT2D eigenvalue weighted by atomic mass is 10.0. The van der Waals surface area contributed by atoms with Crippen molar-refractivity contribution in [2.75, 3.05) is 18.9 Å². The molecular weight excluding hydrogens is 285 g/mol. The van der Waals surface area contributed by atoms with Crippen LogP contribution in [0.5, 0.6) is 0 Å². The average Bonchev–Trinajstić information content (AvgIpc) is 2.44. The van der Waals surface area contributed by atoms with Crippen LogP contribution < -0.4 is 11.1 Å². The smallest absolute Gasteiger partial charge is 0.256 e. The van der Waals surface area contributed by atoms with E-state index in [1.807, 2.05) is 13.8 Å². The minimum Gasteiger partial charge on any atom is -0.342 e. The molecule has 0 aliphatic carbocycles. The summed E-state index contributed by atoms with van der Waals surface area (Å²) >= 11 is 0. The normalized spacial score (nSPS) is 12.1. The van der Waals surface area contributed by atoms with E-state index < -0.39 is 11.7 Å². The number of amides is 2. The van der Waals surface area contributed by atoms with Gasteiger partial charge in [-0.25, -0.2) is 4.39 Å². The molecule has 1 aromatic carbocycles. The highest BCUT2D eigenvalue weighted by Gasteiger charge is 2.18. The van der Waals surface area contributed by atoms with Gasteiger partial charge in [-0.05, 0) is 30.5 Å². The summed E-state index contributed by atoms with van der Waals surface area (Å²) in [7, 11) is 1.61. The van der Waals surface area contributed by atoms with E-state index in [-0.39, 0.29) is 17.5 Å². The zero-order chi connectivity index (χ0) is 16.9. The Morgan fingerprint density at radius 2 is 2.00 bits per heavy atom. The van der Waals surface area contributed by atoms with Crippen LogP contribution in [0.25, 0.3) is 0 Å². The van der Waals surface area contributed by atoms with Crippen LogP contribution in [-0.4, -0.2) is 36.3 Å². The Kier molecular flexibility index (Phi) is 6.49. The van der Waals surface area contributed by atoms with Gasteiger partial charge in [0.1, 0.15) is 5.82 Å². The third kappa shape index (κ3) is 5.11. The van der Waals surface area contributed by atoms with Gasteiger partial charge in [-0.15, -0.1) is 0 Å². The van der Waals surface area contributed by atoms with Gasteiger partial charge in [0.05, 0.1) is 5.56 Å². The lowest BCUT2D eigenvalue weighted by Crippen LogP contribution is -2.35. The van der Waals surface area contributed by atoms with Crippen LogP contribution in [0.4, 0.5) is 10.1 Å². The third-order valence-corrected chi connectivity index (χ3v) is 3.52. The molecule has 1 aromatic rings. The SMILES string of the molecule is CC(=O)Nc1ccc(F)c(C(=O)N(C)CCC(N)C(C)C)c1. The summed E-state index contributed by atoms with van der Waals surface area (Å²) in [5.41, 5.74) is 6.28. The summed E-state index contributed by atoms with van der Waals surface area (Å²) in [6.45, 7) is 5.83. The molecule has 0 spiro atoms. The highest BCUT2D eigenvalue weighted by molar-refractivity contribution is 5.96. The molecule has 1 atom stereocenters. The van der Waals surface area contributed by atoms with E-state index in [4.69, 9.17) is 5.73 Å². The maximum Gasteiger partial charge on any atom is 0.256 e. The maximum absolute atomic E-state index is 13.9. The molecule has 0 bridgehead atoms. The number of rotatable bonds is 6. The molecule has 1 unspecified atom stereocenters. The molecule has 3 N–H and O–H groups in total. The molecule has 0 saturated heterocycles. The van der Waals surface area contributed by atoms with Gasteiger partial charge in [0.25, 0.3) is 5.91 Å². The molecular formula is C16H24FN3O2. The molecule has 0 fully saturated rings. The average molecular weight is 309 g/mol. The highest BCUT2D eigenvalue weighted by Crippen LogP contribution is 2.17. The molecule has 0 aliphatic rings. The van der Waals surface area contributed by atoms with Crippen molar-refractivity contribution in [1.82, 2.24) is 4.90 Å². The van der Waals surface area contributed by atoms with Crippen LogP contribution in [0.1, 0.15) is 37.6 Å². The van der Waals surface area contributed by atoms with Crippen molar-refractivity contribution < 1.29 is 14.0 Å². The van der Waals surface area contributed by atoms with Gasteiger partial charge in [-0.3, -0.25) is 9.59 Å². The minimum absolute atomic E-state index is 0.00851. The van der Waals surface area contributed by atoms with Gasteiger partial charge in [-0.1, -0.05) is 13.8 Å². The topological polar surface area (TPSA) is 75.4 Å². The second-order valence-corrected chi connectivity index (χ2v) is 5.80. The quantitative estimate of drug-likeness (QED) is 0.846. The van der Waals surface area contributed by atoms with Gasteiger partial charge in [0, 0.05) is 32.2 Å². The predicted octanol–water partition coefficient (Wildman–Crippen LogP) is 2.23. The summed E-state index contributed by atoms with van der Waals surface area (Å²) in [5.74, 6) is -0.996. The second kappa shape index (κ2) is 7.89. The zero-order valence-electron chi connectivity index (χ0n) is 13.5. The van der Waals surface area contributed by atoms with Crippen LogP contribution in [0, 0.1) is 11.7 Å². The Morgan fingerprint density at radius 3 is 2.55 bits per heavy atom. The Morgan fingerprint density at radius 1 is 1.36 bits per heavy atom. The second-order valence-electron chi connectivity index (χ2n) is 5.80. The zero-order valence-corrected chi connectivity index (χ0v) is 13.5. The van der Waals surface area contributed by atoms with Crippen molar-refractivity contribution in [2.24, 2.45) is 11.7 Å². The molecule has 0 heterocycles. The molecule has 5 nitrogen and oxygen atoms in total. The first-order valence-electron chi connectivity index (χ1n) is 7.30. The monoisotopic (exact) mass is 309 g/mol. The van der Waals surface area contributed by atoms with Crippen LogP contribution in [0.3, 0.4) is 0 Å². The van der Waals surface area contributed by atoms with Gasteiger partial charge >= 0.3 is 0 Å². The first-order chi connectivity index (χ1) is 10.2. The summed E-state index contributed by atoms with van der Waals surface area (Å²) in [6.07, 6.45) is 0.646. The summed E-state index contributed by atoms with van der Waals surface area (Å²) in [5, 5.41) is 2.54. The number of nitrogens with two attached hydrogens (primary N) is 1. The largest absolute Gasteiger partial charge is 0.342 e. The van der Waals surface area contributed by atoms with E-state index >= 15 is 0 Å². The number of hydrogen-bond acceptors (Lipinski definition) is 3. The number of halogens is 1. The highest BCUT2D eigenvalue weighted by atomic mass is 19.1. The summed E-state index contributed by atoms with van der Waals surface area (Å²) < 4.78 is 13.9. The lowest BCUT2D eigenvalue weighted by Gasteiger charge is -2.22. The molecule has 2 amide bonds. The number of benzene rings is 1. The van der Waals surface area contributed by atoms with E-state index in [1.165, 1.54) is 30.0 Å². The van der Waals surface area contributed by atoms with Crippen molar-refractivity contribution in [3.63, 3.8) is 0 Å². The van der Waals surface area contributed by atoms with E-state index in [9.17, 15) is 14.0 Å². The summed E-state index contributed by atoms with van der Waals surface area (Å²) in [4.78, 5) is 24.8. The predicted molar refractivity (Wildman–Crippen MR) is 85.1 cm³/mol. The van der Waals surface area contributed by atoms with Gasteiger partial charge < -0.3 is 16.0 Å². The number of anilines is 1. The Balaban J connectivity index is 2.81. The fourth-order valence-corrected chi connectivity index (χ4v) is 1.95. The van der Waals surface area contributed by atoms with Crippen LogP contribution in [0.15, 0.2) is 18.2 Å². The Bertz CT molecular complexity index is 546. The van der Waals surface area contributed by atoms with E-state index in [0.29, 0.717) is 24.6 Å². The lowest BCUT2D eigenvalue weighted by molar-refractivity contribution is -0.114. The van der Waals surface area contributed by atoms with Crippen molar-refractivity contribution >= 4 is 17.5 Å². The molecule has 122 valence electrons.